The van der Waals surface area contributed by atoms with E-state index < -0.39 is 0 Å². The van der Waals surface area contributed by atoms with Crippen LogP contribution in [0.4, 0.5) is 0 Å². The van der Waals surface area contributed by atoms with Gasteiger partial charge in [-0.1, -0.05) is 0 Å². The number of likely N-dealkylation sites (tertiary alicyclic amines) is 1. The molecule has 0 spiro atoms. The molecule has 1 aliphatic carbocycles. The van der Waals surface area contributed by atoms with Gasteiger partial charge in [0, 0.05) is 19.5 Å². The number of aliphatic hydroxyl groups excluding tert-OH is 1. The first-order valence-electron chi connectivity index (χ1n) is 6.21. The number of nitrogens with zero attached hydrogens (tertiary/aromatic N) is 1. The Morgan fingerprint density at radius 3 is 2.33 bits per heavy atom. The predicted molar refractivity (Wildman–Crippen MR) is 58.4 cm³/mol. The van der Waals surface area contributed by atoms with Gasteiger partial charge in [-0.05, 0) is 44.4 Å². The first-order valence-corrected chi connectivity index (χ1v) is 6.21. The molecule has 15 heavy (non-hydrogen) atoms. The SMILES string of the molecule is O=C(CC1CCC(O)CC1)N1CCCC1. The van der Waals surface area contributed by atoms with E-state index in [9.17, 15) is 9.90 Å². The van der Waals surface area contributed by atoms with Crippen molar-refractivity contribution in [3.8, 4) is 0 Å². The summed E-state index contributed by atoms with van der Waals surface area (Å²) < 4.78 is 0. The third-order valence-electron chi connectivity index (χ3n) is 3.74. The zero-order valence-corrected chi connectivity index (χ0v) is 9.32. The smallest absolute Gasteiger partial charge is 0.222 e. The van der Waals surface area contributed by atoms with Crippen molar-refractivity contribution in [2.45, 2.75) is 51.0 Å². The summed E-state index contributed by atoms with van der Waals surface area (Å²) in [7, 11) is 0. The summed E-state index contributed by atoms with van der Waals surface area (Å²) in [6.07, 6.45) is 6.79. The van der Waals surface area contributed by atoms with Gasteiger partial charge in [-0.3, -0.25) is 4.79 Å². The summed E-state index contributed by atoms with van der Waals surface area (Å²) in [5, 5.41) is 9.38. The van der Waals surface area contributed by atoms with Crippen LogP contribution in [0.15, 0.2) is 0 Å². The van der Waals surface area contributed by atoms with Crippen LogP contribution in [0.5, 0.6) is 0 Å². The molecule has 0 atom stereocenters. The standard InChI is InChI=1S/C12H21NO2/c14-11-5-3-10(4-6-11)9-12(15)13-7-1-2-8-13/h10-11,14H,1-9H2. The maximum Gasteiger partial charge on any atom is 0.222 e. The maximum absolute atomic E-state index is 11.9. The van der Waals surface area contributed by atoms with Gasteiger partial charge in [0.2, 0.25) is 5.91 Å². The molecular formula is C12H21NO2. The second kappa shape index (κ2) is 4.97. The van der Waals surface area contributed by atoms with Crippen molar-refractivity contribution < 1.29 is 9.90 Å². The van der Waals surface area contributed by atoms with Gasteiger partial charge < -0.3 is 10.0 Å². The third-order valence-corrected chi connectivity index (χ3v) is 3.74. The first-order chi connectivity index (χ1) is 7.25. The molecule has 0 aromatic rings. The second-order valence-corrected chi connectivity index (χ2v) is 4.97. The predicted octanol–water partition coefficient (Wildman–Crippen LogP) is 1.55. The summed E-state index contributed by atoms with van der Waals surface area (Å²) >= 11 is 0. The van der Waals surface area contributed by atoms with E-state index in [1.165, 1.54) is 12.8 Å². The van der Waals surface area contributed by atoms with Crippen LogP contribution in [-0.4, -0.2) is 35.1 Å². The molecular weight excluding hydrogens is 190 g/mol. The van der Waals surface area contributed by atoms with Crippen LogP contribution in [0.1, 0.15) is 44.9 Å². The van der Waals surface area contributed by atoms with Gasteiger partial charge in [-0.15, -0.1) is 0 Å². The Balaban J connectivity index is 1.74. The maximum atomic E-state index is 11.9. The largest absolute Gasteiger partial charge is 0.393 e. The number of rotatable bonds is 2. The molecule has 1 saturated heterocycles. The number of aliphatic hydroxyl groups is 1. The highest BCUT2D eigenvalue weighted by atomic mass is 16.3. The Kier molecular flexibility index (Phi) is 3.62. The van der Waals surface area contributed by atoms with Crippen molar-refractivity contribution >= 4 is 5.91 Å². The monoisotopic (exact) mass is 211 g/mol. The van der Waals surface area contributed by atoms with Crippen molar-refractivity contribution in [2.75, 3.05) is 13.1 Å². The van der Waals surface area contributed by atoms with Crippen LogP contribution in [-0.2, 0) is 4.79 Å². The van der Waals surface area contributed by atoms with Gasteiger partial charge in [-0.25, -0.2) is 0 Å². The highest BCUT2D eigenvalue weighted by molar-refractivity contribution is 5.76. The van der Waals surface area contributed by atoms with Gasteiger partial charge >= 0.3 is 0 Å². The Morgan fingerprint density at radius 1 is 1.13 bits per heavy atom. The lowest BCUT2D eigenvalue weighted by atomic mass is 9.85. The molecule has 2 fully saturated rings. The van der Waals surface area contributed by atoms with Crippen molar-refractivity contribution in [1.29, 1.82) is 0 Å². The Labute approximate surface area is 91.5 Å². The third kappa shape index (κ3) is 2.94. The van der Waals surface area contributed by atoms with E-state index in [0.29, 0.717) is 18.2 Å². The average Bonchev–Trinajstić information content (AvgIpc) is 2.74. The zero-order chi connectivity index (χ0) is 10.7. The van der Waals surface area contributed by atoms with Crippen molar-refractivity contribution in [2.24, 2.45) is 5.92 Å². The highest BCUT2D eigenvalue weighted by Gasteiger charge is 2.25. The lowest BCUT2D eigenvalue weighted by Gasteiger charge is -2.26. The normalized spacial score (nSPS) is 31.9. The molecule has 86 valence electrons. The van der Waals surface area contributed by atoms with E-state index in [1.807, 2.05) is 4.90 Å². The highest BCUT2D eigenvalue weighted by Crippen LogP contribution is 2.27. The number of hydrogen-bond acceptors (Lipinski definition) is 2. The molecule has 1 aliphatic heterocycles. The van der Waals surface area contributed by atoms with Crippen LogP contribution >= 0.6 is 0 Å². The zero-order valence-electron chi connectivity index (χ0n) is 9.32. The van der Waals surface area contributed by atoms with Crippen molar-refractivity contribution in [3.63, 3.8) is 0 Å². The van der Waals surface area contributed by atoms with Crippen LogP contribution in [0.25, 0.3) is 0 Å². The van der Waals surface area contributed by atoms with Crippen molar-refractivity contribution in [3.05, 3.63) is 0 Å². The van der Waals surface area contributed by atoms with Crippen LogP contribution in [0.3, 0.4) is 0 Å². The number of carbonyl (C=O) groups excluding carboxylic acids is 1. The van der Waals surface area contributed by atoms with Gasteiger partial charge in [0.1, 0.15) is 0 Å². The summed E-state index contributed by atoms with van der Waals surface area (Å²) in [6.45, 7) is 1.93. The summed E-state index contributed by atoms with van der Waals surface area (Å²) in [6, 6.07) is 0. The second-order valence-electron chi connectivity index (χ2n) is 4.97. The fourth-order valence-electron chi connectivity index (χ4n) is 2.69. The quantitative estimate of drug-likeness (QED) is 0.753. The molecule has 1 heterocycles. The first kappa shape index (κ1) is 10.9. The van der Waals surface area contributed by atoms with Crippen LogP contribution < -0.4 is 0 Å². The summed E-state index contributed by atoms with van der Waals surface area (Å²) in [4.78, 5) is 13.9. The van der Waals surface area contributed by atoms with E-state index in [-0.39, 0.29) is 6.10 Å². The molecule has 2 rings (SSSR count). The van der Waals surface area contributed by atoms with E-state index in [1.54, 1.807) is 0 Å². The average molecular weight is 211 g/mol. The van der Waals surface area contributed by atoms with E-state index in [2.05, 4.69) is 0 Å². The molecule has 0 radical (unpaired) electrons. The lowest BCUT2D eigenvalue weighted by Crippen LogP contribution is -2.30. The minimum Gasteiger partial charge on any atom is -0.393 e. The fraction of sp³-hybridized carbons (Fsp3) is 0.917. The van der Waals surface area contributed by atoms with E-state index in [4.69, 9.17) is 0 Å². The minimum atomic E-state index is -0.108. The number of hydrogen-bond donors (Lipinski definition) is 1. The van der Waals surface area contributed by atoms with Crippen molar-refractivity contribution in [1.82, 2.24) is 4.90 Å². The van der Waals surface area contributed by atoms with Crippen LogP contribution in [0, 0.1) is 5.92 Å². The Morgan fingerprint density at radius 2 is 1.73 bits per heavy atom. The molecule has 0 aromatic heterocycles. The summed E-state index contributed by atoms with van der Waals surface area (Å²) in [5.41, 5.74) is 0. The minimum absolute atomic E-state index is 0.108. The summed E-state index contributed by atoms with van der Waals surface area (Å²) in [5.74, 6) is 0.871. The van der Waals surface area contributed by atoms with E-state index >= 15 is 0 Å². The van der Waals surface area contributed by atoms with Gasteiger partial charge in [-0.2, -0.15) is 0 Å². The molecule has 2 aliphatic rings. The number of amides is 1. The Hall–Kier alpha value is -0.570. The fourth-order valence-corrected chi connectivity index (χ4v) is 2.69. The topological polar surface area (TPSA) is 40.5 Å². The molecule has 1 N–H and O–H groups in total. The lowest BCUT2D eigenvalue weighted by molar-refractivity contribution is -0.131. The molecule has 3 nitrogen and oxygen atoms in total. The number of carbonyl (C=O) groups is 1. The molecule has 1 amide bonds. The van der Waals surface area contributed by atoms with Gasteiger partial charge in [0.25, 0.3) is 0 Å². The molecule has 0 aromatic carbocycles. The van der Waals surface area contributed by atoms with Crippen LogP contribution in [0.2, 0.25) is 0 Å². The van der Waals surface area contributed by atoms with Gasteiger partial charge in [0.15, 0.2) is 0 Å². The molecule has 0 unspecified atom stereocenters. The molecule has 3 heteroatoms. The Bertz CT molecular complexity index is 216. The van der Waals surface area contributed by atoms with E-state index in [0.717, 1.165) is 38.8 Å². The molecule has 1 saturated carbocycles. The van der Waals surface area contributed by atoms with Gasteiger partial charge in [0.05, 0.1) is 6.10 Å². The molecule has 0 bridgehead atoms.